The Bertz CT molecular complexity index is 773. The van der Waals surface area contributed by atoms with Gasteiger partial charge in [-0.3, -0.25) is 4.90 Å². The molecule has 0 bridgehead atoms. The predicted octanol–water partition coefficient (Wildman–Crippen LogP) is 4.30. The van der Waals surface area contributed by atoms with Gasteiger partial charge in [0, 0.05) is 31.1 Å². The molecule has 0 amide bonds. The van der Waals surface area contributed by atoms with Crippen LogP contribution in [-0.2, 0) is 16.7 Å². The standard InChI is InChI=1S/C23H33N3O3/c1-17(2)28-20-6-4-18(5-7-20)16-26-12-10-23(3,11-13-26)22-24-21(29-25-22)19-8-14-27-15-9-19/h4-7,17,19H,8-16H2,1-3H3. The fourth-order valence-corrected chi connectivity index (χ4v) is 4.22. The summed E-state index contributed by atoms with van der Waals surface area (Å²) in [7, 11) is 0. The van der Waals surface area contributed by atoms with Crippen molar-refractivity contribution in [3.63, 3.8) is 0 Å². The van der Waals surface area contributed by atoms with Crippen LogP contribution >= 0.6 is 0 Å². The van der Waals surface area contributed by atoms with Gasteiger partial charge in [0.2, 0.25) is 5.89 Å². The lowest BCUT2D eigenvalue weighted by atomic mass is 9.79. The molecule has 0 saturated carbocycles. The van der Waals surface area contributed by atoms with Crippen molar-refractivity contribution in [2.75, 3.05) is 26.3 Å². The fourth-order valence-electron chi connectivity index (χ4n) is 4.22. The minimum absolute atomic E-state index is 0.00161. The van der Waals surface area contributed by atoms with Gasteiger partial charge in [0.1, 0.15) is 5.75 Å². The number of rotatable bonds is 6. The Morgan fingerprint density at radius 3 is 2.48 bits per heavy atom. The van der Waals surface area contributed by atoms with Crippen LogP contribution in [0.2, 0.25) is 0 Å². The van der Waals surface area contributed by atoms with E-state index in [0.717, 1.165) is 76.0 Å². The van der Waals surface area contributed by atoms with Crippen LogP contribution in [0.4, 0.5) is 0 Å². The second kappa shape index (κ2) is 8.84. The molecule has 2 aliphatic heterocycles. The highest BCUT2D eigenvalue weighted by Crippen LogP contribution is 2.35. The number of piperidine rings is 1. The van der Waals surface area contributed by atoms with Crippen molar-refractivity contribution >= 4 is 0 Å². The van der Waals surface area contributed by atoms with E-state index in [9.17, 15) is 0 Å². The zero-order valence-corrected chi connectivity index (χ0v) is 17.9. The van der Waals surface area contributed by atoms with E-state index in [2.05, 4.69) is 55.1 Å². The maximum atomic E-state index is 5.74. The average molecular weight is 400 g/mol. The summed E-state index contributed by atoms with van der Waals surface area (Å²) in [6, 6.07) is 8.48. The Balaban J connectivity index is 1.32. The molecule has 0 aliphatic carbocycles. The fraction of sp³-hybridized carbons (Fsp3) is 0.652. The summed E-state index contributed by atoms with van der Waals surface area (Å²) in [6.45, 7) is 11.0. The Labute approximate surface area is 173 Å². The summed E-state index contributed by atoms with van der Waals surface area (Å²) < 4.78 is 16.8. The van der Waals surface area contributed by atoms with Crippen molar-refractivity contribution in [1.29, 1.82) is 0 Å². The molecule has 29 heavy (non-hydrogen) atoms. The molecule has 6 heteroatoms. The van der Waals surface area contributed by atoms with Gasteiger partial charge in [-0.05, 0) is 70.3 Å². The number of ether oxygens (including phenoxy) is 2. The molecular weight excluding hydrogens is 366 g/mol. The Morgan fingerprint density at radius 2 is 1.83 bits per heavy atom. The lowest BCUT2D eigenvalue weighted by Gasteiger charge is -2.37. The number of aromatic nitrogens is 2. The normalized spacial score (nSPS) is 20.8. The second-order valence-electron chi connectivity index (χ2n) is 8.99. The van der Waals surface area contributed by atoms with E-state index in [1.165, 1.54) is 5.56 Å². The van der Waals surface area contributed by atoms with E-state index in [1.807, 2.05) is 0 Å². The van der Waals surface area contributed by atoms with E-state index in [4.69, 9.17) is 19.0 Å². The molecule has 3 heterocycles. The lowest BCUT2D eigenvalue weighted by Crippen LogP contribution is -2.41. The van der Waals surface area contributed by atoms with Crippen molar-refractivity contribution in [3.05, 3.63) is 41.5 Å². The molecule has 4 rings (SSSR count). The van der Waals surface area contributed by atoms with Gasteiger partial charge in [-0.1, -0.05) is 24.2 Å². The highest BCUT2D eigenvalue weighted by molar-refractivity contribution is 5.27. The van der Waals surface area contributed by atoms with Crippen molar-refractivity contribution in [3.8, 4) is 5.75 Å². The van der Waals surface area contributed by atoms with Gasteiger partial charge in [-0.2, -0.15) is 4.98 Å². The molecule has 158 valence electrons. The molecule has 2 aliphatic rings. The van der Waals surface area contributed by atoms with E-state index in [0.29, 0.717) is 5.92 Å². The molecule has 1 aromatic heterocycles. The summed E-state index contributed by atoms with van der Waals surface area (Å²) in [4.78, 5) is 7.32. The number of benzene rings is 1. The molecule has 0 atom stereocenters. The van der Waals surface area contributed by atoms with Crippen LogP contribution < -0.4 is 4.74 Å². The molecule has 6 nitrogen and oxygen atoms in total. The molecule has 0 N–H and O–H groups in total. The Hall–Kier alpha value is -1.92. The van der Waals surface area contributed by atoms with Crippen LogP contribution in [0.5, 0.6) is 5.75 Å². The summed E-state index contributed by atoms with van der Waals surface area (Å²) in [6.07, 6.45) is 4.26. The Kier molecular flexibility index (Phi) is 6.20. The third kappa shape index (κ3) is 4.98. The van der Waals surface area contributed by atoms with Crippen LogP contribution in [0, 0.1) is 0 Å². The van der Waals surface area contributed by atoms with Gasteiger partial charge in [0.15, 0.2) is 5.82 Å². The van der Waals surface area contributed by atoms with Crippen molar-refractivity contribution in [2.24, 2.45) is 0 Å². The Morgan fingerprint density at radius 1 is 1.14 bits per heavy atom. The van der Waals surface area contributed by atoms with Crippen molar-refractivity contribution < 1.29 is 14.0 Å². The van der Waals surface area contributed by atoms with E-state index in [-0.39, 0.29) is 11.5 Å². The number of likely N-dealkylation sites (tertiary alicyclic amines) is 1. The monoisotopic (exact) mass is 399 g/mol. The van der Waals surface area contributed by atoms with Crippen LogP contribution in [0.25, 0.3) is 0 Å². The van der Waals surface area contributed by atoms with Crippen LogP contribution in [0.1, 0.15) is 69.7 Å². The van der Waals surface area contributed by atoms with E-state index in [1.54, 1.807) is 0 Å². The third-order valence-corrected chi connectivity index (χ3v) is 6.21. The zero-order chi connectivity index (χ0) is 20.3. The minimum Gasteiger partial charge on any atom is -0.491 e. The predicted molar refractivity (Wildman–Crippen MR) is 111 cm³/mol. The van der Waals surface area contributed by atoms with E-state index >= 15 is 0 Å². The van der Waals surface area contributed by atoms with Crippen LogP contribution in [0.15, 0.2) is 28.8 Å². The third-order valence-electron chi connectivity index (χ3n) is 6.21. The summed E-state index contributed by atoms with van der Waals surface area (Å²) >= 11 is 0. The molecule has 0 radical (unpaired) electrons. The van der Waals surface area contributed by atoms with Gasteiger partial charge < -0.3 is 14.0 Å². The van der Waals surface area contributed by atoms with Crippen molar-refractivity contribution in [1.82, 2.24) is 15.0 Å². The molecule has 2 fully saturated rings. The molecule has 2 saturated heterocycles. The highest BCUT2D eigenvalue weighted by atomic mass is 16.5. The first-order valence-corrected chi connectivity index (χ1v) is 10.9. The maximum absolute atomic E-state index is 5.74. The summed E-state index contributed by atoms with van der Waals surface area (Å²) in [5.41, 5.74) is 1.32. The summed E-state index contributed by atoms with van der Waals surface area (Å²) in [5.74, 6) is 2.98. The van der Waals surface area contributed by atoms with Crippen LogP contribution in [-0.4, -0.2) is 47.4 Å². The quantitative estimate of drug-likeness (QED) is 0.722. The largest absolute Gasteiger partial charge is 0.491 e. The van der Waals surface area contributed by atoms with Gasteiger partial charge in [0.25, 0.3) is 0 Å². The smallest absolute Gasteiger partial charge is 0.229 e. The van der Waals surface area contributed by atoms with Gasteiger partial charge in [-0.25, -0.2) is 0 Å². The average Bonchev–Trinajstić information content (AvgIpc) is 3.23. The second-order valence-corrected chi connectivity index (χ2v) is 8.99. The SMILES string of the molecule is CC(C)Oc1ccc(CN2CCC(C)(c3noc(C4CCOCC4)n3)CC2)cc1. The topological polar surface area (TPSA) is 60.6 Å². The van der Waals surface area contributed by atoms with Gasteiger partial charge in [0.05, 0.1) is 6.10 Å². The summed E-state index contributed by atoms with van der Waals surface area (Å²) in [5, 5.41) is 4.37. The first kappa shape index (κ1) is 20.4. The zero-order valence-electron chi connectivity index (χ0n) is 17.9. The molecule has 0 unspecified atom stereocenters. The van der Waals surface area contributed by atoms with Gasteiger partial charge >= 0.3 is 0 Å². The van der Waals surface area contributed by atoms with Gasteiger partial charge in [-0.15, -0.1) is 0 Å². The number of nitrogens with zero attached hydrogens (tertiary/aromatic N) is 3. The van der Waals surface area contributed by atoms with Crippen molar-refractivity contribution in [2.45, 2.75) is 70.4 Å². The molecule has 1 aromatic carbocycles. The number of hydrogen-bond acceptors (Lipinski definition) is 6. The van der Waals surface area contributed by atoms with E-state index < -0.39 is 0 Å². The number of hydrogen-bond donors (Lipinski definition) is 0. The molecule has 0 spiro atoms. The minimum atomic E-state index is -0.00161. The van der Waals surface area contributed by atoms with Crippen LogP contribution in [0.3, 0.4) is 0 Å². The molecule has 2 aromatic rings. The highest BCUT2D eigenvalue weighted by Gasteiger charge is 2.36. The first-order chi connectivity index (χ1) is 14.0. The first-order valence-electron chi connectivity index (χ1n) is 10.9. The molecular formula is C23H33N3O3. The maximum Gasteiger partial charge on any atom is 0.229 e. The lowest BCUT2D eigenvalue weighted by molar-refractivity contribution is 0.0778.